The molecule has 0 aliphatic rings. The normalized spacial score (nSPS) is 10.7. The highest BCUT2D eigenvalue weighted by molar-refractivity contribution is 6.03. The molecule has 3 N–H and O–H groups in total. The van der Waals surface area contributed by atoms with E-state index in [9.17, 15) is 9.59 Å². The number of pyridine rings is 3. The second kappa shape index (κ2) is 6.87. The first-order valence-corrected chi connectivity index (χ1v) is 8.23. The van der Waals surface area contributed by atoms with Gasteiger partial charge in [-0.25, -0.2) is 9.97 Å². The highest BCUT2D eigenvalue weighted by atomic mass is 16.1. The van der Waals surface area contributed by atoms with E-state index in [2.05, 4.69) is 20.3 Å². The molecular formula is C19H19N5O2. The molecule has 0 aliphatic carbocycles. The smallest absolute Gasteiger partial charge is 0.270 e. The number of Topliss-reactive ketones (excluding diaryl/α,β-unsaturated/α-hetero) is 1. The predicted molar refractivity (Wildman–Crippen MR) is 99.9 cm³/mol. The minimum Gasteiger partial charge on any atom is -0.384 e. The summed E-state index contributed by atoms with van der Waals surface area (Å²) in [4.78, 5) is 37.1. The Balaban J connectivity index is 2.24. The van der Waals surface area contributed by atoms with E-state index in [-0.39, 0.29) is 17.4 Å². The first kappa shape index (κ1) is 17.5. The second-order valence-electron chi connectivity index (χ2n) is 5.93. The molecule has 3 aromatic heterocycles. The Morgan fingerprint density at radius 1 is 1.12 bits per heavy atom. The van der Waals surface area contributed by atoms with Crippen molar-refractivity contribution in [3.8, 4) is 11.1 Å². The molecule has 3 heterocycles. The van der Waals surface area contributed by atoms with Crippen molar-refractivity contribution in [2.75, 3.05) is 12.8 Å². The van der Waals surface area contributed by atoms with Crippen LogP contribution in [-0.4, -0.2) is 33.7 Å². The highest BCUT2D eigenvalue weighted by Gasteiger charge is 2.18. The van der Waals surface area contributed by atoms with Crippen molar-refractivity contribution in [3.63, 3.8) is 0 Å². The Kier molecular flexibility index (Phi) is 4.62. The van der Waals surface area contributed by atoms with Gasteiger partial charge in [-0.05, 0) is 24.6 Å². The van der Waals surface area contributed by atoms with Crippen molar-refractivity contribution in [1.29, 1.82) is 0 Å². The van der Waals surface area contributed by atoms with Crippen LogP contribution in [0.4, 0.5) is 5.82 Å². The molecule has 0 aliphatic heterocycles. The number of amides is 1. The lowest BCUT2D eigenvalue weighted by molar-refractivity contribution is 0.0956. The molecule has 1 amide bonds. The zero-order valence-electron chi connectivity index (χ0n) is 14.8. The van der Waals surface area contributed by atoms with Crippen molar-refractivity contribution in [3.05, 3.63) is 47.5 Å². The largest absolute Gasteiger partial charge is 0.384 e. The molecule has 0 radical (unpaired) electrons. The van der Waals surface area contributed by atoms with Crippen molar-refractivity contribution in [1.82, 2.24) is 20.3 Å². The van der Waals surface area contributed by atoms with Crippen LogP contribution in [0.15, 0.2) is 30.6 Å². The number of nitrogen functional groups attached to an aromatic ring is 1. The van der Waals surface area contributed by atoms with Gasteiger partial charge in [-0.2, -0.15) is 0 Å². The van der Waals surface area contributed by atoms with Crippen LogP contribution in [0.25, 0.3) is 22.0 Å². The quantitative estimate of drug-likeness (QED) is 0.700. The number of hydrogen-bond acceptors (Lipinski definition) is 6. The average molecular weight is 349 g/mol. The summed E-state index contributed by atoms with van der Waals surface area (Å²) in [6, 6.07) is 5.20. The number of rotatable bonds is 4. The van der Waals surface area contributed by atoms with E-state index < -0.39 is 0 Å². The van der Waals surface area contributed by atoms with E-state index in [0.717, 1.165) is 16.5 Å². The molecule has 26 heavy (non-hydrogen) atoms. The maximum Gasteiger partial charge on any atom is 0.270 e. The van der Waals surface area contributed by atoms with Gasteiger partial charge in [0.05, 0.1) is 5.52 Å². The fraction of sp³-hybridized carbons (Fsp3) is 0.211. The molecule has 0 unspecified atom stereocenters. The van der Waals surface area contributed by atoms with Crippen LogP contribution >= 0.6 is 0 Å². The van der Waals surface area contributed by atoms with Gasteiger partial charge in [-0.1, -0.05) is 6.92 Å². The van der Waals surface area contributed by atoms with Gasteiger partial charge in [0.1, 0.15) is 17.2 Å². The third-order valence-electron chi connectivity index (χ3n) is 4.17. The van der Waals surface area contributed by atoms with Gasteiger partial charge in [0, 0.05) is 48.4 Å². The third-order valence-corrected chi connectivity index (χ3v) is 4.17. The summed E-state index contributed by atoms with van der Waals surface area (Å²) in [5.74, 6) is -0.00577. The van der Waals surface area contributed by atoms with Crippen LogP contribution in [-0.2, 0) is 0 Å². The monoisotopic (exact) mass is 349 g/mol. The molecule has 3 rings (SSSR count). The standard InChI is InChI=1S/C19H19N5O2/c1-4-16(25)15-5-10(2)13(9-22-15)12-6-11-8-23-17(20)7-14(11)24-18(12)19(26)21-3/h5-9H,4H2,1-3H3,(H2,20,23)(H,21,26). The van der Waals surface area contributed by atoms with E-state index in [1.165, 1.54) is 0 Å². The number of nitrogens with one attached hydrogen (secondary N) is 1. The average Bonchev–Trinajstić information content (AvgIpc) is 2.65. The number of nitrogens with two attached hydrogens (primary N) is 1. The van der Waals surface area contributed by atoms with Gasteiger partial charge in [0.25, 0.3) is 5.91 Å². The van der Waals surface area contributed by atoms with E-state index in [4.69, 9.17) is 5.73 Å². The Morgan fingerprint density at radius 2 is 1.88 bits per heavy atom. The summed E-state index contributed by atoms with van der Waals surface area (Å²) in [6.45, 7) is 3.67. The van der Waals surface area contributed by atoms with Gasteiger partial charge >= 0.3 is 0 Å². The predicted octanol–water partition coefficient (Wildman–Crippen LogP) is 2.53. The molecule has 0 fully saturated rings. The summed E-state index contributed by atoms with van der Waals surface area (Å²) >= 11 is 0. The van der Waals surface area contributed by atoms with Crippen molar-refractivity contribution in [2.24, 2.45) is 0 Å². The molecule has 7 heteroatoms. The van der Waals surface area contributed by atoms with Gasteiger partial charge < -0.3 is 11.1 Å². The van der Waals surface area contributed by atoms with Crippen molar-refractivity contribution < 1.29 is 9.59 Å². The van der Waals surface area contributed by atoms with Gasteiger partial charge in [0.15, 0.2) is 5.78 Å². The van der Waals surface area contributed by atoms with Crippen molar-refractivity contribution in [2.45, 2.75) is 20.3 Å². The molecular weight excluding hydrogens is 330 g/mol. The third kappa shape index (κ3) is 3.11. The molecule has 0 saturated heterocycles. The number of carbonyl (C=O) groups excluding carboxylic acids is 2. The number of aryl methyl sites for hydroxylation is 1. The maximum absolute atomic E-state index is 12.4. The van der Waals surface area contributed by atoms with E-state index in [0.29, 0.717) is 29.0 Å². The SMILES string of the molecule is CCC(=O)c1cc(C)c(-c2cc3cnc(N)cc3nc2C(=O)NC)cn1. The minimum atomic E-state index is -0.314. The van der Waals surface area contributed by atoms with Crippen LogP contribution in [0.3, 0.4) is 0 Å². The molecule has 0 bridgehead atoms. The molecule has 7 nitrogen and oxygen atoms in total. The Morgan fingerprint density at radius 3 is 2.54 bits per heavy atom. The van der Waals surface area contributed by atoms with Crippen LogP contribution in [0.1, 0.15) is 39.9 Å². The molecule has 0 spiro atoms. The van der Waals surface area contributed by atoms with Gasteiger partial charge in [-0.3, -0.25) is 14.6 Å². The minimum absolute atomic E-state index is 0.0255. The maximum atomic E-state index is 12.4. The topological polar surface area (TPSA) is 111 Å². The fourth-order valence-corrected chi connectivity index (χ4v) is 2.75. The van der Waals surface area contributed by atoms with E-state index >= 15 is 0 Å². The first-order chi connectivity index (χ1) is 12.4. The van der Waals surface area contributed by atoms with Gasteiger partial charge in [-0.15, -0.1) is 0 Å². The fourth-order valence-electron chi connectivity index (χ4n) is 2.75. The van der Waals surface area contributed by atoms with Crippen LogP contribution in [0, 0.1) is 6.92 Å². The lowest BCUT2D eigenvalue weighted by atomic mass is 9.98. The first-order valence-electron chi connectivity index (χ1n) is 8.23. The number of hydrogen-bond donors (Lipinski definition) is 2. The van der Waals surface area contributed by atoms with Crippen molar-refractivity contribution >= 4 is 28.4 Å². The zero-order chi connectivity index (χ0) is 18.8. The molecule has 0 atom stereocenters. The van der Waals surface area contributed by atoms with Crippen LogP contribution < -0.4 is 11.1 Å². The van der Waals surface area contributed by atoms with Crippen LogP contribution in [0.2, 0.25) is 0 Å². The lowest BCUT2D eigenvalue weighted by Gasteiger charge is -2.13. The number of aromatic nitrogens is 3. The van der Waals surface area contributed by atoms with E-state index in [1.807, 2.05) is 13.0 Å². The second-order valence-corrected chi connectivity index (χ2v) is 5.93. The number of carbonyl (C=O) groups is 2. The van der Waals surface area contributed by atoms with Gasteiger partial charge in [0.2, 0.25) is 0 Å². The number of ketones is 1. The van der Waals surface area contributed by atoms with E-state index in [1.54, 1.807) is 38.5 Å². The highest BCUT2D eigenvalue weighted by Crippen LogP contribution is 2.29. The number of nitrogens with zero attached hydrogens (tertiary/aromatic N) is 3. The Hall–Kier alpha value is -3.35. The number of fused-ring (bicyclic) bond motifs is 1. The zero-order valence-corrected chi connectivity index (χ0v) is 14.8. The van der Waals surface area contributed by atoms with Crippen LogP contribution in [0.5, 0.6) is 0 Å². The summed E-state index contributed by atoms with van der Waals surface area (Å²) in [5, 5.41) is 3.37. The molecule has 3 aromatic rings. The summed E-state index contributed by atoms with van der Waals surface area (Å²) < 4.78 is 0. The molecule has 0 saturated carbocycles. The Bertz CT molecular complexity index is 1030. The molecule has 0 aromatic carbocycles. The number of anilines is 1. The summed E-state index contributed by atoms with van der Waals surface area (Å²) in [6.07, 6.45) is 3.62. The summed E-state index contributed by atoms with van der Waals surface area (Å²) in [5.41, 5.74) is 9.20. The molecule has 132 valence electrons. The lowest BCUT2D eigenvalue weighted by Crippen LogP contribution is -2.20. The Labute approximate surface area is 150 Å². The summed E-state index contributed by atoms with van der Waals surface area (Å²) in [7, 11) is 1.55.